The Morgan fingerprint density at radius 1 is 0.911 bits per heavy atom. The van der Waals surface area contributed by atoms with E-state index in [1.165, 1.54) is 16.8 Å². The van der Waals surface area contributed by atoms with Crippen molar-refractivity contribution >= 4 is 18.6 Å². The fourth-order valence-corrected chi connectivity index (χ4v) is 5.06. The number of rotatable bonds is 10. The van der Waals surface area contributed by atoms with Crippen LogP contribution in [0.15, 0.2) is 78.9 Å². The third-order valence-electron chi connectivity index (χ3n) is 8.11. The van der Waals surface area contributed by atoms with Crippen molar-refractivity contribution in [1.82, 2.24) is 9.78 Å². The molecule has 0 amide bonds. The highest BCUT2D eigenvalue weighted by atomic mass is 19.4. The van der Waals surface area contributed by atoms with Gasteiger partial charge in [0.15, 0.2) is 0 Å². The molecule has 1 aliphatic rings. The highest BCUT2D eigenvalue weighted by molar-refractivity contribution is 6.62. The summed E-state index contributed by atoms with van der Waals surface area (Å²) in [6.45, 7) is 10.1. The monoisotopic (exact) mass is 620 g/mol. The molecule has 0 radical (unpaired) electrons. The third-order valence-corrected chi connectivity index (χ3v) is 8.11. The fourth-order valence-electron chi connectivity index (χ4n) is 5.06. The van der Waals surface area contributed by atoms with Crippen LogP contribution < -0.4 is 10.2 Å². The molecule has 0 N–H and O–H groups in total. The Bertz CT molecular complexity index is 1640. The number of hydrogen-bond acceptors (Lipinski definition) is 6. The number of ether oxygens (including phenoxy) is 2. The number of carbonyl (C=O) groups excluding carboxylic acids is 1. The van der Waals surface area contributed by atoms with Crippen molar-refractivity contribution < 1.29 is 36.7 Å². The second-order valence-corrected chi connectivity index (χ2v) is 11.8. The molecule has 1 aromatic heterocycles. The van der Waals surface area contributed by atoms with Gasteiger partial charge in [0.05, 0.1) is 47.1 Å². The minimum atomic E-state index is -4.58. The number of aromatic nitrogens is 2. The first kappa shape index (κ1) is 32.3. The molecular weight excluding hydrogens is 584 g/mol. The lowest BCUT2D eigenvalue weighted by molar-refractivity contribution is -0.143. The SMILES string of the molecule is CCOC(=O)CCCOc1ccc(B2OC(C)(C)C(C)(C)O2)cc1-c1cc(-c2ccccc2C(F)(F)F)n(-c2ccccc2)n1. The largest absolute Gasteiger partial charge is 0.494 e. The van der Waals surface area contributed by atoms with Gasteiger partial charge in [-0.15, -0.1) is 0 Å². The van der Waals surface area contributed by atoms with Gasteiger partial charge in [-0.2, -0.15) is 18.3 Å². The summed E-state index contributed by atoms with van der Waals surface area (Å²) in [7, 11) is -0.687. The number of esters is 1. The quantitative estimate of drug-likeness (QED) is 0.106. The Morgan fingerprint density at radius 3 is 2.24 bits per heavy atom. The van der Waals surface area contributed by atoms with Crippen molar-refractivity contribution in [2.75, 3.05) is 13.2 Å². The molecule has 0 saturated carbocycles. The van der Waals surface area contributed by atoms with Crippen LogP contribution in [0.2, 0.25) is 0 Å². The van der Waals surface area contributed by atoms with Crippen LogP contribution in [0.4, 0.5) is 13.2 Å². The first-order valence-electron chi connectivity index (χ1n) is 14.9. The van der Waals surface area contributed by atoms with Gasteiger partial charge in [0.2, 0.25) is 0 Å². The molecule has 5 rings (SSSR count). The zero-order chi connectivity index (χ0) is 32.4. The molecule has 45 heavy (non-hydrogen) atoms. The summed E-state index contributed by atoms with van der Waals surface area (Å²) >= 11 is 0. The van der Waals surface area contributed by atoms with Gasteiger partial charge in [-0.3, -0.25) is 4.79 Å². The summed E-state index contributed by atoms with van der Waals surface area (Å²) in [5, 5.41) is 4.83. The van der Waals surface area contributed by atoms with E-state index >= 15 is 0 Å². The summed E-state index contributed by atoms with van der Waals surface area (Å²) in [4.78, 5) is 11.8. The van der Waals surface area contributed by atoms with E-state index in [2.05, 4.69) is 0 Å². The Morgan fingerprint density at radius 2 is 1.58 bits per heavy atom. The normalized spacial score (nSPS) is 15.7. The Kier molecular flexibility index (Phi) is 9.14. The lowest BCUT2D eigenvalue weighted by Crippen LogP contribution is -2.41. The number of benzene rings is 3. The molecule has 1 fully saturated rings. The molecule has 7 nitrogen and oxygen atoms in total. The maximum atomic E-state index is 14.2. The van der Waals surface area contributed by atoms with E-state index in [9.17, 15) is 18.0 Å². The van der Waals surface area contributed by atoms with Crippen LogP contribution in [0.5, 0.6) is 5.75 Å². The average Bonchev–Trinajstić information content (AvgIpc) is 3.53. The number of nitrogens with zero attached hydrogens (tertiary/aromatic N) is 2. The van der Waals surface area contributed by atoms with Crippen LogP contribution in [0, 0.1) is 0 Å². The zero-order valence-corrected chi connectivity index (χ0v) is 26.0. The molecule has 1 saturated heterocycles. The summed E-state index contributed by atoms with van der Waals surface area (Å²) in [5.74, 6) is 0.138. The Balaban J connectivity index is 1.61. The highest BCUT2D eigenvalue weighted by Gasteiger charge is 2.51. The van der Waals surface area contributed by atoms with Crippen LogP contribution >= 0.6 is 0 Å². The first-order valence-corrected chi connectivity index (χ1v) is 14.9. The molecule has 0 unspecified atom stereocenters. The van der Waals surface area contributed by atoms with Crippen LogP contribution in [0.3, 0.4) is 0 Å². The van der Waals surface area contributed by atoms with Crippen molar-refractivity contribution in [1.29, 1.82) is 0 Å². The van der Waals surface area contributed by atoms with Crippen molar-refractivity contribution in [3.63, 3.8) is 0 Å². The van der Waals surface area contributed by atoms with Gasteiger partial charge in [-0.1, -0.05) is 42.5 Å². The second-order valence-electron chi connectivity index (χ2n) is 11.8. The third kappa shape index (κ3) is 6.94. The van der Waals surface area contributed by atoms with Gasteiger partial charge in [0, 0.05) is 17.5 Å². The number of para-hydroxylation sites is 1. The van der Waals surface area contributed by atoms with Crippen molar-refractivity contribution in [3.8, 4) is 34.0 Å². The molecule has 236 valence electrons. The van der Waals surface area contributed by atoms with E-state index in [4.69, 9.17) is 23.9 Å². The molecule has 2 heterocycles. The summed E-state index contributed by atoms with van der Waals surface area (Å²) in [5.41, 5.74) is 0.555. The summed E-state index contributed by atoms with van der Waals surface area (Å²) < 4.78 is 67.8. The first-order chi connectivity index (χ1) is 21.3. The standard InChI is InChI=1S/C34H36BF3N2O5/c1-6-42-31(41)17-12-20-43-30-19-18-23(35-44-32(2,3)33(4,5)45-35)21-26(30)28-22-29(40(39-28)24-13-8-7-9-14-24)25-15-10-11-16-27(25)34(36,37)38/h7-11,13-16,18-19,21-22H,6,12,17,20H2,1-5H3. The maximum absolute atomic E-state index is 14.2. The van der Waals surface area contributed by atoms with Crippen LogP contribution in [0.1, 0.15) is 53.0 Å². The molecular formula is C34H36BF3N2O5. The molecule has 1 aliphatic heterocycles. The van der Waals surface area contributed by atoms with E-state index < -0.39 is 30.1 Å². The second kappa shape index (κ2) is 12.7. The van der Waals surface area contributed by atoms with Gasteiger partial charge in [0.25, 0.3) is 0 Å². The number of carbonyl (C=O) groups is 1. The summed E-state index contributed by atoms with van der Waals surface area (Å²) in [6.07, 6.45) is -3.97. The van der Waals surface area contributed by atoms with Crippen LogP contribution in [-0.4, -0.2) is 47.3 Å². The van der Waals surface area contributed by atoms with Crippen LogP contribution in [-0.2, 0) is 25.0 Å². The van der Waals surface area contributed by atoms with E-state index in [1.807, 2.05) is 45.9 Å². The zero-order valence-electron chi connectivity index (χ0n) is 26.0. The average molecular weight is 620 g/mol. The van der Waals surface area contributed by atoms with E-state index in [0.29, 0.717) is 41.2 Å². The predicted octanol–water partition coefficient (Wildman–Crippen LogP) is 7.25. The van der Waals surface area contributed by atoms with Gasteiger partial charge >= 0.3 is 19.3 Å². The van der Waals surface area contributed by atoms with E-state index in [0.717, 1.165) is 6.07 Å². The van der Waals surface area contributed by atoms with Gasteiger partial charge in [-0.05, 0) is 82.9 Å². The molecule has 3 aromatic carbocycles. The molecule has 0 bridgehead atoms. The van der Waals surface area contributed by atoms with Crippen molar-refractivity contribution in [2.45, 2.75) is 64.8 Å². The van der Waals surface area contributed by atoms with E-state index in [1.54, 1.807) is 49.4 Å². The smallest absolute Gasteiger partial charge is 0.493 e. The van der Waals surface area contributed by atoms with Crippen molar-refractivity contribution in [2.24, 2.45) is 0 Å². The maximum Gasteiger partial charge on any atom is 0.494 e. The highest BCUT2D eigenvalue weighted by Crippen LogP contribution is 2.41. The molecule has 0 spiro atoms. The number of hydrogen-bond donors (Lipinski definition) is 0. The van der Waals surface area contributed by atoms with Gasteiger partial charge in [-0.25, -0.2) is 4.68 Å². The Labute approximate surface area is 261 Å². The minimum absolute atomic E-state index is 0.00776. The predicted molar refractivity (Wildman–Crippen MR) is 167 cm³/mol. The topological polar surface area (TPSA) is 71.8 Å². The molecule has 11 heteroatoms. The van der Waals surface area contributed by atoms with Gasteiger partial charge < -0.3 is 18.8 Å². The molecule has 0 aliphatic carbocycles. The number of halogens is 3. The fraction of sp³-hybridized carbons (Fsp3) is 0.353. The summed E-state index contributed by atoms with van der Waals surface area (Å²) in [6, 6.07) is 21.5. The molecule has 0 atom stereocenters. The lowest BCUT2D eigenvalue weighted by Gasteiger charge is -2.32. The van der Waals surface area contributed by atoms with Crippen LogP contribution in [0.25, 0.3) is 28.2 Å². The minimum Gasteiger partial charge on any atom is -0.493 e. The van der Waals surface area contributed by atoms with Gasteiger partial charge in [0.1, 0.15) is 5.75 Å². The van der Waals surface area contributed by atoms with Crippen molar-refractivity contribution in [3.05, 3.63) is 84.4 Å². The Hall–Kier alpha value is -4.09. The number of alkyl halides is 3. The lowest BCUT2D eigenvalue weighted by atomic mass is 9.78. The van der Waals surface area contributed by atoms with E-state index in [-0.39, 0.29) is 30.3 Å². The molecule has 4 aromatic rings.